The van der Waals surface area contributed by atoms with Crippen molar-refractivity contribution in [1.82, 2.24) is 24.7 Å². The summed E-state index contributed by atoms with van der Waals surface area (Å²) in [5, 5.41) is 16.6. The fourth-order valence-electron chi connectivity index (χ4n) is 4.07. The fraction of sp³-hybridized carbons (Fsp3) is 0.227. The first kappa shape index (κ1) is 18.1. The van der Waals surface area contributed by atoms with Gasteiger partial charge >= 0.3 is 0 Å². The highest BCUT2D eigenvalue weighted by Gasteiger charge is 2.43. The predicted molar refractivity (Wildman–Crippen MR) is 112 cm³/mol. The summed E-state index contributed by atoms with van der Waals surface area (Å²) >= 11 is 0. The van der Waals surface area contributed by atoms with E-state index in [1.165, 1.54) is 6.20 Å². The summed E-state index contributed by atoms with van der Waals surface area (Å²) in [4.78, 5) is 24.2. The lowest BCUT2D eigenvalue weighted by molar-refractivity contribution is 0.112. The smallest absolute Gasteiger partial charge is 0.177 e. The third-order valence-electron chi connectivity index (χ3n) is 5.83. The second-order valence-corrected chi connectivity index (χ2v) is 7.65. The van der Waals surface area contributed by atoms with Crippen LogP contribution in [0.4, 0.5) is 11.5 Å². The van der Waals surface area contributed by atoms with Crippen LogP contribution in [0.3, 0.4) is 0 Å². The summed E-state index contributed by atoms with van der Waals surface area (Å²) in [6.07, 6.45) is 7.18. The zero-order chi connectivity index (χ0) is 20.7. The van der Waals surface area contributed by atoms with E-state index in [4.69, 9.17) is 10.2 Å². The third-order valence-corrected chi connectivity index (χ3v) is 5.83. The molecule has 8 heteroatoms. The quantitative estimate of drug-likeness (QED) is 0.498. The van der Waals surface area contributed by atoms with Crippen LogP contribution in [0.15, 0.2) is 42.7 Å². The van der Waals surface area contributed by atoms with Gasteiger partial charge in [0.05, 0.1) is 22.2 Å². The largest absolute Gasteiger partial charge is 0.340 e. The number of aromatic amines is 1. The van der Waals surface area contributed by atoms with Crippen molar-refractivity contribution in [3.05, 3.63) is 65.2 Å². The second kappa shape index (κ2) is 6.81. The number of hydrogen-bond acceptors (Lipinski definition) is 6. The lowest BCUT2D eigenvalue weighted by Gasteiger charge is -2.41. The summed E-state index contributed by atoms with van der Waals surface area (Å²) < 4.78 is 1.70. The molecular weight excluding hydrogens is 378 g/mol. The van der Waals surface area contributed by atoms with Crippen molar-refractivity contribution in [3.63, 3.8) is 0 Å². The highest BCUT2D eigenvalue weighted by Crippen LogP contribution is 2.48. The van der Waals surface area contributed by atoms with Crippen LogP contribution < -0.4 is 5.32 Å². The first-order chi connectivity index (χ1) is 14.6. The summed E-state index contributed by atoms with van der Waals surface area (Å²) in [5.74, 6) is 1.51. The van der Waals surface area contributed by atoms with E-state index in [-0.39, 0.29) is 5.41 Å². The minimum atomic E-state index is -0.283. The van der Waals surface area contributed by atoms with E-state index in [0.717, 1.165) is 42.5 Å². The molecule has 3 aromatic heterocycles. The second-order valence-electron chi connectivity index (χ2n) is 7.65. The summed E-state index contributed by atoms with van der Waals surface area (Å²) in [6, 6.07) is 11.6. The lowest BCUT2D eigenvalue weighted by atomic mass is 9.63. The Balaban J connectivity index is 1.54. The number of aromatic nitrogens is 5. The Bertz CT molecular complexity index is 1310. The molecule has 0 unspecified atom stereocenters. The van der Waals surface area contributed by atoms with Gasteiger partial charge in [0.1, 0.15) is 11.9 Å². The van der Waals surface area contributed by atoms with Gasteiger partial charge in [-0.05, 0) is 36.6 Å². The minimum Gasteiger partial charge on any atom is -0.340 e. The Labute approximate surface area is 172 Å². The maximum atomic E-state index is 11.8. The van der Waals surface area contributed by atoms with Crippen molar-refractivity contribution >= 4 is 29.0 Å². The van der Waals surface area contributed by atoms with Crippen LogP contribution >= 0.6 is 0 Å². The molecule has 0 saturated heterocycles. The maximum Gasteiger partial charge on any atom is 0.177 e. The number of imidazole rings is 1. The minimum absolute atomic E-state index is 0.283. The van der Waals surface area contributed by atoms with Crippen molar-refractivity contribution in [2.45, 2.75) is 24.7 Å². The van der Waals surface area contributed by atoms with E-state index in [2.05, 4.69) is 26.5 Å². The van der Waals surface area contributed by atoms with Gasteiger partial charge in [-0.25, -0.2) is 9.97 Å². The van der Waals surface area contributed by atoms with Gasteiger partial charge in [0.2, 0.25) is 0 Å². The van der Waals surface area contributed by atoms with Crippen molar-refractivity contribution in [2.75, 3.05) is 5.32 Å². The zero-order valence-corrected chi connectivity index (χ0v) is 16.4. The van der Waals surface area contributed by atoms with Crippen LogP contribution in [0, 0.1) is 11.3 Å². The van der Waals surface area contributed by atoms with Crippen LogP contribution in [-0.2, 0) is 12.5 Å². The predicted octanol–water partition coefficient (Wildman–Crippen LogP) is 3.59. The monoisotopic (exact) mass is 397 g/mol. The summed E-state index contributed by atoms with van der Waals surface area (Å²) in [6.45, 7) is 0. The van der Waals surface area contributed by atoms with Crippen LogP contribution in [0.1, 0.15) is 46.6 Å². The molecule has 0 spiro atoms. The topological polar surface area (TPSA) is 112 Å². The normalized spacial score (nSPS) is 14.8. The summed E-state index contributed by atoms with van der Waals surface area (Å²) in [5.41, 5.74) is 3.89. The number of fused-ring (bicyclic) bond motifs is 1. The molecule has 5 rings (SSSR count). The number of aldehydes is 1. The summed E-state index contributed by atoms with van der Waals surface area (Å²) in [7, 11) is 1.84. The number of aryl methyl sites for hydroxylation is 1. The number of anilines is 2. The lowest BCUT2D eigenvalue weighted by Crippen LogP contribution is -2.36. The van der Waals surface area contributed by atoms with Crippen LogP contribution in [0.25, 0.3) is 11.2 Å². The van der Waals surface area contributed by atoms with Crippen LogP contribution in [0.5, 0.6) is 0 Å². The van der Waals surface area contributed by atoms with E-state index in [9.17, 15) is 4.79 Å². The Morgan fingerprint density at radius 1 is 1.30 bits per heavy atom. The number of nitriles is 1. The molecule has 4 aromatic rings. The van der Waals surface area contributed by atoms with Crippen molar-refractivity contribution in [1.29, 1.82) is 5.26 Å². The van der Waals surface area contributed by atoms with Crippen LogP contribution in [0.2, 0.25) is 0 Å². The molecule has 30 heavy (non-hydrogen) atoms. The molecule has 0 amide bonds. The van der Waals surface area contributed by atoms with Gasteiger partial charge in [0.25, 0.3) is 0 Å². The molecule has 1 aliphatic rings. The number of carbonyl (C=O) groups is 1. The average Bonchev–Trinajstić information content (AvgIpc) is 3.33. The number of rotatable bonds is 5. The van der Waals surface area contributed by atoms with Crippen molar-refractivity contribution < 1.29 is 4.79 Å². The van der Waals surface area contributed by atoms with Gasteiger partial charge in [-0.3, -0.25) is 9.48 Å². The Kier molecular flexibility index (Phi) is 4.10. The first-order valence-corrected chi connectivity index (χ1v) is 9.74. The molecule has 1 aliphatic carbocycles. The number of carbonyl (C=O) groups excluding carboxylic acids is 1. The number of H-pyrrole nitrogens is 1. The highest BCUT2D eigenvalue weighted by atomic mass is 16.1. The van der Waals surface area contributed by atoms with Gasteiger partial charge in [0, 0.05) is 31.1 Å². The SMILES string of the molecule is Cn1ccc(Nc2ccc(C3(c4nc5ncc(C#N)cc5[nH]4)CCC3)cc2C=O)n1. The molecule has 3 heterocycles. The number of benzene rings is 1. The molecule has 148 valence electrons. The van der Waals surface area contributed by atoms with Gasteiger partial charge in [-0.2, -0.15) is 10.4 Å². The molecular formula is C22H19N7O. The van der Waals surface area contributed by atoms with Gasteiger partial charge < -0.3 is 10.3 Å². The Hall–Kier alpha value is -3.99. The van der Waals surface area contributed by atoms with E-state index in [1.54, 1.807) is 10.7 Å². The van der Waals surface area contributed by atoms with Gasteiger partial charge in [-0.1, -0.05) is 12.5 Å². The van der Waals surface area contributed by atoms with Crippen molar-refractivity contribution in [2.24, 2.45) is 7.05 Å². The zero-order valence-electron chi connectivity index (χ0n) is 16.4. The number of nitrogens with zero attached hydrogens (tertiary/aromatic N) is 5. The van der Waals surface area contributed by atoms with Gasteiger partial charge in [-0.15, -0.1) is 0 Å². The number of nitrogens with one attached hydrogen (secondary N) is 2. The third kappa shape index (κ3) is 2.83. The van der Waals surface area contributed by atoms with E-state index < -0.39 is 0 Å². The van der Waals surface area contributed by atoms with Crippen LogP contribution in [-0.4, -0.2) is 31.0 Å². The number of hydrogen-bond donors (Lipinski definition) is 2. The number of pyridine rings is 1. The standard InChI is InChI=1S/C22H19N7O/c1-29-8-5-19(28-29)25-17-4-3-16(10-15(17)13-30)22(6-2-7-22)21-26-18-9-14(11-23)12-24-20(18)27-21/h3-5,8-10,12-13H,2,6-7H2,1H3,(H,25,28)(H,24,26,27). The Morgan fingerprint density at radius 3 is 2.83 bits per heavy atom. The molecule has 1 fully saturated rings. The molecule has 1 saturated carbocycles. The van der Waals surface area contributed by atoms with Gasteiger partial charge in [0.15, 0.2) is 17.8 Å². The molecule has 0 radical (unpaired) electrons. The highest BCUT2D eigenvalue weighted by molar-refractivity contribution is 5.86. The van der Waals surface area contributed by atoms with E-state index in [1.807, 2.05) is 37.5 Å². The molecule has 0 aliphatic heterocycles. The Morgan fingerprint density at radius 2 is 2.17 bits per heavy atom. The van der Waals surface area contributed by atoms with E-state index >= 15 is 0 Å². The fourth-order valence-corrected chi connectivity index (χ4v) is 4.07. The molecule has 8 nitrogen and oxygen atoms in total. The molecule has 0 atom stereocenters. The molecule has 0 bridgehead atoms. The molecule has 2 N–H and O–H groups in total. The first-order valence-electron chi connectivity index (χ1n) is 9.74. The molecule has 1 aromatic carbocycles. The van der Waals surface area contributed by atoms with E-state index in [0.29, 0.717) is 28.3 Å². The average molecular weight is 397 g/mol. The maximum absolute atomic E-state index is 11.8. The van der Waals surface area contributed by atoms with Crippen molar-refractivity contribution in [3.8, 4) is 6.07 Å².